The Morgan fingerprint density at radius 2 is 1.97 bits per heavy atom. The van der Waals surface area contributed by atoms with Gasteiger partial charge in [-0.25, -0.2) is 0 Å². The molecule has 2 aliphatic heterocycles. The number of nitrogens with two attached hydrogens (primary N) is 1. The lowest BCUT2D eigenvalue weighted by molar-refractivity contribution is -0.137. The number of aliphatic hydroxyl groups excluding tert-OH is 1. The zero-order valence-corrected chi connectivity index (χ0v) is 20.5. The maximum absolute atomic E-state index is 14.2. The standard InChI is InChI=1S/C26H26F3N5O4/c1-38-18-4-2-3-16(9-18)23-19-7-8-32(13-22(30)36)24(19)25(37)34(31-23)21-10-17(33-11-15(12-33)14-35)5-6-20(21)26(27,28)29/h2-6,9-10,15,35H,7-8,11-14H2,1H3,(H2,30,36). The van der Waals surface area contributed by atoms with Crippen molar-refractivity contribution in [3.63, 3.8) is 0 Å². The van der Waals surface area contributed by atoms with E-state index in [2.05, 4.69) is 5.10 Å². The van der Waals surface area contributed by atoms with Gasteiger partial charge in [0.05, 0.1) is 30.6 Å². The number of rotatable bonds is 7. The summed E-state index contributed by atoms with van der Waals surface area (Å²) in [6, 6.07) is 10.4. The van der Waals surface area contributed by atoms with Gasteiger partial charge in [-0.2, -0.15) is 23.0 Å². The van der Waals surface area contributed by atoms with E-state index in [0.29, 0.717) is 54.3 Å². The predicted molar refractivity (Wildman–Crippen MR) is 135 cm³/mol. The van der Waals surface area contributed by atoms with Gasteiger partial charge in [0.1, 0.15) is 11.4 Å². The van der Waals surface area contributed by atoms with Gasteiger partial charge in [0, 0.05) is 49.0 Å². The lowest BCUT2D eigenvalue weighted by Crippen LogP contribution is -2.48. The minimum absolute atomic E-state index is 0.0184. The molecule has 9 nitrogen and oxygen atoms in total. The molecular formula is C26H26F3N5O4. The highest BCUT2D eigenvalue weighted by atomic mass is 19.4. The van der Waals surface area contributed by atoms with Crippen LogP contribution in [0.1, 0.15) is 11.1 Å². The third-order valence-electron chi connectivity index (χ3n) is 6.90. The van der Waals surface area contributed by atoms with Gasteiger partial charge in [0.25, 0.3) is 5.56 Å². The third kappa shape index (κ3) is 4.55. The van der Waals surface area contributed by atoms with Crippen LogP contribution in [0.5, 0.6) is 5.75 Å². The molecule has 1 fully saturated rings. The SMILES string of the molecule is COc1cccc(-c2nn(-c3cc(N4CC(CO)C4)ccc3C(F)(F)F)c(=O)c3c2CCN3CC(N)=O)c1. The number of aliphatic hydroxyl groups is 1. The quantitative estimate of drug-likeness (QED) is 0.483. The predicted octanol–water partition coefficient (Wildman–Crippen LogP) is 2.20. The summed E-state index contributed by atoms with van der Waals surface area (Å²) in [4.78, 5) is 28.8. The number of nitrogens with zero attached hydrogens (tertiary/aromatic N) is 4. The third-order valence-corrected chi connectivity index (χ3v) is 6.90. The minimum atomic E-state index is -4.76. The number of amides is 1. The number of fused-ring (bicyclic) bond motifs is 1. The Kier molecular flexibility index (Phi) is 6.51. The van der Waals surface area contributed by atoms with Gasteiger partial charge in [-0.3, -0.25) is 9.59 Å². The second kappa shape index (κ2) is 9.67. The van der Waals surface area contributed by atoms with E-state index in [4.69, 9.17) is 10.5 Å². The van der Waals surface area contributed by atoms with Crippen LogP contribution >= 0.6 is 0 Å². The average Bonchev–Trinajstić information content (AvgIpc) is 3.26. The summed E-state index contributed by atoms with van der Waals surface area (Å²) in [5, 5.41) is 13.8. The summed E-state index contributed by atoms with van der Waals surface area (Å²) in [5.41, 5.74) is 5.14. The van der Waals surface area contributed by atoms with Crippen LogP contribution in [0, 0.1) is 5.92 Å². The van der Waals surface area contributed by atoms with Gasteiger partial charge in [-0.15, -0.1) is 0 Å². The molecule has 0 atom stereocenters. The Balaban J connectivity index is 1.75. The molecule has 38 heavy (non-hydrogen) atoms. The second-order valence-electron chi connectivity index (χ2n) is 9.42. The smallest absolute Gasteiger partial charge is 0.418 e. The molecule has 5 rings (SSSR count). The Bertz CT molecular complexity index is 1450. The van der Waals surface area contributed by atoms with Crippen molar-refractivity contribution in [2.45, 2.75) is 12.6 Å². The lowest BCUT2D eigenvalue weighted by Gasteiger charge is -2.40. The van der Waals surface area contributed by atoms with E-state index in [9.17, 15) is 27.9 Å². The molecule has 3 N–H and O–H groups in total. The van der Waals surface area contributed by atoms with Crippen molar-refractivity contribution in [1.82, 2.24) is 9.78 Å². The number of hydrogen-bond acceptors (Lipinski definition) is 7. The molecular weight excluding hydrogens is 503 g/mol. The molecule has 3 aromatic rings. The average molecular weight is 530 g/mol. The van der Waals surface area contributed by atoms with E-state index >= 15 is 0 Å². The highest BCUT2D eigenvalue weighted by Crippen LogP contribution is 2.39. The first-order valence-electron chi connectivity index (χ1n) is 12.0. The van der Waals surface area contributed by atoms with Gasteiger partial charge in [0.2, 0.25) is 5.91 Å². The zero-order chi connectivity index (χ0) is 27.2. The summed E-state index contributed by atoms with van der Waals surface area (Å²) in [6.07, 6.45) is -4.40. The molecule has 0 radical (unpaired) electrons. The fourth-order valence-electron chi connectivity index (χ4n) is 5.01. The number of carbonyl (C=O) groups excluding carboxylic acids is 1. The largest absolute Gasteiger partial charge is 0.497 e. The molecule has 2 aromatic carbocycles. The Labute approximate surface area is 215 Å². The van der Waals surface area contributed by atoms with Crippen molar-refractivity contribution >= 4 is 17.3 Å². The van der Waals surface area contributed by atoms with Crippen LogP contribution in [0.15, 0.2) is 47.3 Å². The van der Waals surface area contributed by atoms with Gasteiger partial charge in [0.15, 0.2) is 0 Å². The van der Waals surface area contributed by atoms with Crippen LogP contribution in [-0.2, 0) is 17.4 Å². The van der Waals surface area contributed by atoms with Crippen LogP contribution in [0.25, 0.3) is 16.9 Å². The first-order valence-corrected chi connectivity index (χ1v) is 12.0. The van der Waals surface area contributed by atoms with E-state index in [1.165, 1.54) is 24.1 Å². The fraction of sp³-hybridized carbons (Fsp3) is 0.346. The molecule has 200 valence electrons. The highest BCUT2D eigenvalue weighted by Gasteiger charge is 2.37. The van der Waals surface area contributed by atoms with Crippen molar-refractivity contribution in [3.05, 3.63) is 63.9 Å². The molecule has 2 aliphatic rings. The molecule has 0 bridgehead atoms. The summed E-state index contributed by atoms with van der Waals surface area (Å²) >= 11 is 0. The van der Waals surface area contributed by atoms with Gasteiger partial charge in [-0.1, -0.05) is 12.1 Å². The molecule has 1 amide bonds. The monoisotopic (exact) mass is 529 g/mol. The Morgan fingerprint density at radius 3 is 2.63 bits per heavy atom. The van der Waals surface area contributed by atoms with Crippen LogP contribution in [0.3, 0.4) is 0 Å². The molecule has 0 spiro atoms. The molecule has 1 aromatic heterocycles. The summed E-state index contributed by atoms with van der Waals surface area (Å²) in [5.74, 6) is -0.127. The zero-order valence-electron chi connectivity index (χ0n) is 20.5. The number of primary amides is 1. The Hall–Kier alpha value is -4.06. The normalized spacial score (nSPS) is 15.4. The number of anilines is 2. The van der Waals surface area contributed by atoms with Crippen molar-refractivity contribution in [2.24, 2.45) is 11.7 Å². The van der Waals surface area contributed by atoms with Gasteiger partial charge < -0.3 is 25.4 Å². The van der Waals surface area contributed by atoms with E-state index in [0.717, 1.165) is 10.7 Å². The number of halogens is 3. The summed E-state index contributed by atoms with van der Waals surface area (Å²) in [6.45, 7) is 0.977. The summed E-state index contributed by atoms with van der Waals surface area (Å²) < 4.78 is 48.6. The fourth-order valence-corrected chi connectivity index (χ4v) is 5.01. The topological polar surface area (TPSA) is 114 Å². The van der Waals surface area contributed by atoms with E-state index in [1.807, 2.05) is 4.90 Å². The summed E-state index contributed by atoms with van der Waals surface area (Å²) in [7, 11) is 1.49. The molecule has 0 aliphatic carbocycles. The number of hydrogen-bond donors (Lipinski definition) is 2. The van der Waals surface area contributed by atoms with E-state index in [1.54, 1.807) is 24.3 Å². The van der Waals surface area contributed by atoms with Gasteiger partial charge in [-0.05, 0) is 36.8 Å². The first-order chi connectivity index (χ1) is 18.1. The lowest BCUT2D eigenvalue weighted by atomic mass is 9.99. The molecule has 0 unspecified atom stereocenters. The maximum Gasteiger partial charge on any atom is 0.418 e. The van der Waals surface area contributed by atoms with Crippen molar-refractivity contribution in [1.29, 1.82) is 0 Å². The highest BCUT2D eigenvalue weighted by molar-refractivity contribution is 5.82. The van der Waals surface area contributed by atoms with Gasteiger partial charge >= 0.3 is 6.18 Å². The van der Waals surface area contributed by atoms with Crippen LogP contribution in [0.2, 0.25) is 0 Å². The van der Waals surface area contributed by atoms with Crippen LogP contribution in [-0.4, -0.2) is 60.7 Å². The number of carbonyl (C=O) groups is 1. The minimum Gasteiger partial charge on any atom is -0.497 e. The van der Waals surface area contributed by atoms with Crippen molar-refractivity contribution < 1.29 is 27.8 Å². The second-order valence-corrected chi connectivity index (χ2v) is 9.42. The van der Waals surface area contributed by atoms with Crippen molar-refractivity contribution in [3.8, 4) is 22.7 Å². The molecule has 0 saturated carbocycles. The molecule has 1 saturated heterocycles. The number of alkyl halides is 3. The molecule has 3 heterocycles. The number of methoxy groups -OCH3 is 1. The van der Waals surface area contributed by atoms with Crippen molar-refractivity contribution in [2.75, 3.05) is 49.7 Å². The number of ether oxygens (including phenoxy) is 1. The van der Waals surface area contributed by atoms with Crippen LogP contribution in [0.4, 0.5) is 24.5 Å². The number of aromatic nitrogens is 2. The van der Waals surface area contributed by atoms with Crippen LogP contribution < -0.4 is 25.8 Å². The Morgan fingerprint density at radius 1 is 1.21 bits per heavy atom. The number of benzene rings is 2. The first kappa shape index (κ1) is 25.6. The maximum atomic E-state index is 14.2. The van der Waals surface area contributed by atoms with E-state index < -0.39 is 28.9 Å². The molecule has 12 heteroatoms. The van der Waals surface area contributed by atoms with E-state index in [-0.39, 0.29) is 24.8 Å².